The summed E-state index contributed by atoms with van der Waals surface area (Å²) in [5.74, 6) is -0.597. The summed E-state index contributed by atoms with van der Waals surface area (Å²) < 4.78 is 44.8. The summed E-state index contributed by atoms with van der Waals surface area (Å²) in [5.41, 5.74) is 2.89. The highest BCUT2D eigenvalue weighted by molar-refractivity contribution is 5.96. The molecule has 0 fully saturated rings. The second kappa shape index (κ2) is 9.49. The van der Waals surface area contributed by atoms with Gasteiger partial charge in [-0.1, -0.05) is 49.4 Å². The molecule has 3 rings (SSSR count). The first-order valence-corrected chi connectivity index (χ1v) is 9.01. The Bertz CT molecular complexity index is 966. The molecule has 0 saturated heterocycles. The number of alkyl halides is 3. The first-order chi connectivity index (χ1) is 13.6. The van der Waals surface area contributed by atoms with Crippen LogP contribution in [0, 0.1) is 18.7 Å². The average molecular weight is 406 g/mol. The van der Waals surface area contributed by atoms with Crippen LogP contribution in [0.3, 0.4) is 0 Å². The topological polar surface area (TPSA) is 42.0 Å². The molecule has 3 nitrogen and oxygen atoms in total. The zero-order valence-corrected chi connectivity index (χ0v) is 16.3. The summed E-state index contributed by atoms with van der Waals surface area (Å²) in [4.78, 5) is 16.6. The number of anilines is 1. The van der Waals surface area contributed by atoms with Crippen molar-refractivity contribution in [1.82, 2.24) is 4.98 Å². The molecule has 2 aromatic carbocycles. The number of hydrogen-bond acceptors (Lipinski definition) is 2. The molecule has 0 saturated carbocycles. The van der Waals surface area contributed by atoms with Gasteiger partial charge in [-0.3, -0.25) is 9.78 Å². The minimum atomic E-state index is -4.00. The van der Waals surface area contributed by atoms with Crippen LogP contribution in [0.5, 0.6) is 0 Å². The van der Waals surface area contributed by atoms with E-state index in [1.807, 2.05) is 50.2 Å². The summed E-state index contributed by atoms with van der Waals surface area (Å²) in [7, 11) is 0. The van der Waals surface area contributed by atoms with Gasteiger partial charge >= 0.3 is 6.18 Å². The molecule has 1 amide bonds. The number of benzene rings is 2. The minimum absolute atomic E-state index is 0.0699. The molecule has 1 heterocycles. The summed E-state index contributed by atoms with van der Waals surface area (Å²) in [6.45, 7) is 3.94. The Morgan fingerprint density at radius 3 is 2.34 bits per heavy atom. The van der Waals surface area contributed by atoms with Gasteiger partial charge in [-0.2, -0.15) is 13.2 Å². The predicted octanol–water partition coefficient (Wildman–Crippen LogP) is 6.07. The maximum absolute atomic E-state index is 13.8. The van der Waals surface area contributed by atoms with Crippen molar-refractivity contribution in [2.45, 2.75) is 33.4 Å². The third kappa shape index (κ3) is 6.85. The van der Waals surface area contributed by atoms with Gasteiger partial charge in [0.05, 0.1) is 11.9 Å². The molecule has 0 aliphatic carbocycles. The maximum Gasteiger partial charge on any atom is 0.386 e. The van der Waals surface area contributed by atoms with Gasteiger partial charge in [0.15, 0.2) is 0 Å². The molecular weight excluding hydrogens is 384 g/mol. The number of aryl methyl sites for hydroxylation is 1. The number of aromatic nitrogens is 1. The number of halogens is 4. The number of pyridine rings is 1. The number of nitrogens with zero attached hydrogens (tertiary/aromatic N) is 1. The van der Waals surface area contributed by atoms with E-state index in [9.17, 15) is 22.4 Å². The normalized spacial score (nSPS) is 12.1. The van der Waals surface area contributed by atoms with Crippen LogP contribution in [0.4, 0.5) is 23.2 Å². The second-order valence-corrected chi connectivity index (χ2v) is 6.79. The van der Waals surface area contributed by atoms with Crippen LogP contribution >= 0.6 is 0 Å². The molecule has 0 spiro atoms. The van der Waals surface area contributed by atoms with Crippen molar-refractivity contribution >= 4 is 22.5 Å². The van der Waals surface area contributed by atoms with Crippen LogP contribution in [0.25, 0.3) is 10.9 Å². The third-order valence-electron chi connectivity index (χ3n) is 4.21. The standard InChI is InChI=1S/C20H19FN2O.C2H3F3/c1-13(11-15-7-4-3-5-8-15)20(24)23-18-12-22-19-16(14(18)2)9-6-10-17(19)21;1-2(3,4)5/h3-10,12-13H,11H2,1-2H3,(H,23,24);1H3. The van der Waals surface area contributed by atoms with Gasteiger partial charge < -0.3 is 5.32 Å². The van der Waals surface area contributed by atoms with Crippen molar-refractivity contribution in [1.29, 1.82) is 0 Å². The van der Waals surface area contributed by atoms with E-state index in [0.717, 1.165) is 11.1 Å². The Morgan fingerprint density at radius 2 is 1.72 bits per heavy atom. The zero-order chi connectivity index (χ0) is 21.6. The van der Waals surface area contributed by atoms with Crippen LogP contribution in [0.2, 0.25) is 0 Å². The van der Waals surface area contributed by atoms with E-state index in [1.54, 1.807) is 6.07 Å². The smallest absolute Gasteiger partial charge is 0.324 e. The van der Waals surface area contributed by atoms with E-state index in [0.29, 0.717) is 23.0 Å². The summed E-state index contributed by atoms with van der Waals surface area (Å²) in [6, 6.07) is 14.7. The highest BCUT2D eigenvalue weighted by atomic mass is 19.4. The SMILES string of the molecule is CC(F)(F)F.Cc1c(NC(=O)C(C)Cc2ccccc2)cnc2c(F)cccc12. The number of rotatable bonds is 4. The number of nitrogens with one attached hydrogen (secondary N) is 1. The molecule has 1 atom stereocenters. The number of amides is 1. The lowest BCUT2D eigenvalue weighted by atomic mass is 10.00. The van der Waals surface area contributed by atoms with Crippen molar-refractivity contribution in [2.75, 3.05) is 5.32 Å². The molecule has 3 aromatic rings. The molecule has 7 heteroatoms. The molecule has 1 N–H and O–H groups in total. The third-order valence-corrected chi connectivity index (χ3v) is 4.21. The minimum Gasteiger partial charge on any atom is -0.324 e. The van der Waals surface area contributed by atoms with Crippen LogP contribution < -0.4 is 5.32 Å². The van der Waals surface area contributed by atoms with Crippen molar-refractivity contribution in [2.24, 2.45) is 5.92 Å². The Labute approximate surface area is 166 Å². The van der Waals surface area contributed by atoms with E-state index in [2.05, 4.69) is 10.3 Å². The maximum atomic E-state index is 13.8. The van der Waals surface area contributed by atoms with Crippen molar-refractivity contribution in [3.63, 3.8) is 0 Å². The average Bonchev–Trinajstić information content (AvgIpc) is 2.64. The number of hydrogen-bond donors (Lipinski definition) is 1. The molecule has 29 heavy (non-hydrogen) atoms. The van der Waals surface area contributed by atoms with Crippen LogP contribution in [0.1, 0.15) is 25.0 Å². The highest BCUT2D eigenvalue weighted by Crippen LogP contribution is 2.25. The van der Waals surface area contributed by atoms with Gasteiger partial charge in [-0.15, -0.1) is 0 Å². The lowest BCUT2D eigenvalue weighted by molar-refractivity contribution is -0.119. The van der Waals surface area contributed by atoms with E-state index >= 15 is 0 Å². The molecule has 0 aliphatic rings. The Balaban J connectivity index is 0.000000537. The van der Waals surface area contributed by atoms with Crippen LogP contribution in [-0.4, -0.2) is 17.1 Å². The van der Waals surface area contributed by atoms with Gasteiger partial charge in [0.1, 0.15) is 11.3 Å². The number of fused-ring (bicyclic) bond motifs is 1. The van der Waals surface area contributed by atoms with Crippen molar-refractivity contribution in [3.05, 3.63) is 71.7 Å². The zero-order valence-electron chi connectivity index (χ0n) is 16.3. The molecule has 1 aromatic heterocycles. The predicted molar refractivity (Wildman–Crippen MR) is 106 cm³/mol. The quantitative estimate of drug-likeness (QED) is 0.535. The van der Waals surface area contributed by atoms with E-state index in [-0.39, 0.29) is 24.6 Å². The molecule has 1 unspecified atom stereocenters. The lowest BCUT2D eigenvalue weighted by Gasteiger charge is -2.15. The van der Waals surface area contributed by atoms with Crippen molar-refractivity contribution < 1.29 is 22.4 Å². The largest absolute Gasteiger partial charge is 0.386 e. The fraction of sp³-hybridized carbons (Fsp3) is 0.273. The van der Waals surface area contributed by atoms with Gasteiger partial charge in [0.2, 0.25) is 5.91 Å². The van der Waals surface area contributed by atoms with Crippen molar-refractivity contribution in [3.8, 4) is 0 Å². The fourth-order valence-electron chi connectivity index (χ4n) is 2.76. The van der Waals surface area contributed by atoms with Gasteiger partial charge in [-0.25, -0.2) is 4.39 Å². The summed E-state index contributed by atoms with van der Waals surface area (Å²) in [5, 5.41) is 3.63. The number of para-hydroxylation sites is 1. The lowest BCUT2D eigenvalue weighted by Crippen LogP contribution is -2.22. The highest BCUT2D eigenvalue weighted by Gasteiger charge is 2.16. The van der Waals surface area contributed by atoms with Crippen LogP contribution in [0.15, 0.2) is 54.7 Å². The second-order valence-electron chi connectivity index (χ2n) is 6.79. The molecule has 0 aliphatic heterocycles. The van der Waals surface area contributed by atoms with Gasteiger partial charge in [0.25, 0.3) is 0 Å². The summed E-state index contributed by atoms with van der Waals surface area (Å²) >= 11 is 0. The molecule has 154 valence electrons. The first kappa shape index (κ1) is 22.3. The Morgan fingerprint density at radius 1 is 1.10 bits per heavy atom. The molecule has 0 radical (unpaired) electrons. The Kier molecular flexibility index (Phi) is 7.31. The first-order valence-electron chi connectivity index (χ1n) is 9.01. The monoisotopic (exact) mass is 406 g/mol. The number of carbonyl (C=O) groups excluding carboxylic acids is 1. The molecular formula is C22H22F4N2O. The van der Waals surface area contributed by atoms with Crippen LogP contribution in [-0.2, 0) is 11.2 Å². The molecule has 0 bridgehead atoms. The van der Waals surface area contributed by atoms with Gasteiger partial charge in [-0.05, 0) is 30.5 Å². The summed E-state index contributed by atoms with van der Waals surface area (Å²) in [6.07, 6.45) is -1.81. The van der Waals surface area contributed by atoms with E-state index in [4.69, 9.17) is 0 Å². The number of carbonyl (C=O) groups is 1. The van der Waals surface area contributed by atoms with E-state index < -0.39 is 6.18 Å². The Hall–Kier alpha value is -2.96. The fourth-order valence-corrected chi connectivity index (χ4v) is 2.76. The van der Waals surface area contributed by atoms with E-state index in [1.165, 1.54) is 12.3 Å². The van der Waals surface area contributed by atoms with Gasteiger partial charge in [0, 0.05) is 18.2 Å².